The third-order valence-corrected chi connectivity index (χ3v) is 18.9. The minimum Gasteiger partial charge on any atom is -0.397 e. The summed E-state index contributed by atoms with van der Waals surface area (Å²) in [6.45, 7) is -2.00. The lowest BCUT2D eigenvalue weighted by Crippen LogP contribution is -2.37. The number of hydrogen-bond donors (Lipinski definition) is 12. The molecule has 6 saturated heterocycles. The maximum Gasteiger partial charge on any atom is 0.472 e. The van der Waals surface area contributed by atoms with Crippen LogP contribution in [0, 0.1) is 0 Å². The van der Waals surface area contributed by atoms with E-state index in [1.807, 2.05) is 0 Å². The van der Waals surface area contributed by atoms with Crippen molar-refractivity contribution in [2.75, 3.05) is 55.5 Å². The van der Waals surface area contributed by atoms with E-state index in [2.05, 4.69) is 49.8 Å². The summed E-state index contributed by atoms with van der Waals surface area (Å²) < 4.78 is 124. The zero-order valence-corrected chi connectivity index (χ0v) is 48.6. The summed E-state index contributed by atoms with van der Waals surface area (Å²) >= 11 is 0. The number of imidazole rings is 4. The van der Waals surface area contributed by atoms with Crippen LogP contribution in [-0.2, 0) is 73.8 Å². The largest absolute Gasteiger partial charge is 0.472 e. The van der Waals surface area contributed by atoms with Crippen LogP contribution in [0.5, 0.6) is 0 Å². The number of nitrogen functional groups attached to an aromatic ring is 4. The standard InChI is InChI=1S/C22H27N9O12P2.C21H25N9O12P2/c23-9-1-2-25-19-12(9)28-6-30(19)21-16-15(33)11(41-21)4-39-45(36,37)43-17-14(32)10(3-38-8-44(34,35)42-16)40-22(17)31-7-29-13-18(24)26-5-27-20(13)31;22-8-1-2-24-17-10(8)27-5-29(17)19-14-12(31)9(39-19)3-38-44(35,36)42-15-13(32)21(37-7-43(33,34)41-14)40-20(15)30-6-28-11-16(23)25-4-26-18(11)30/h1-2,5-7,10-11,14-17,21-22,32-33H,3-4,8H2,(H2,23,25)(H,34,35)(H,36,37)(H2,24,26,27);1-2,4-6,9,12-15,19-21,31-32H,3,7H2,(H2,22,24)(H,33,34)(H,35,36)(H2,23,25,26)/t10-,11-,14+,15+,16?,17?,21-,22-;9-,12+,13-,14?,15?,19-,20-,21+/m11/s1. The summed E-state index contributed by atoms with van der Waals surface area (Å²) in [5.41, 5.74) is 25.9. The van der Waals surface area contributed by atoms with Gasteiger partial charge in [0.25, 0.3) is 0 Å². The molecule has 8 unspecified atom stereocenters. The van der Waals surface area contributed by atoms with Crippen molar-refractivity contribution in [2.24, 2.45) is 0 Å². The Morgan fingerprint density at radius 2 is 0.809 bits per heavy atom. The van der Waals surface area contributed by atoms with E-state index >= 15 is 0 Å². The van der Waals surface area contributed by atoms with Gasteiger partial charge in [0.2, 0.25) is 0 Å². The predicted octanol–water partition coefficient (Wildman–Crippen LogP) is -2.02. The van der Waals surface area contributed by atoms with Gasteiger partial charge in [0, 0.05) is 12.4 Å². The number of phosphoric acid groups is 2. The number of aliphatic hydroxyl groups excluding tert-OH is 4. The number of nitrogens with two attached hydrogens (primary N) is 4. The number of anilines is 4. The van der Waals surface area contributed by atoms with Gasteiger partial charge in [-0.25, -0.2) is 59.0 Å². The average molecular weight is 1330 g/mol. The van der Waals surface area contributed by atoms with Gasteiger partial charge in [-0.3, -0.25) is 54.5 Å². The van der Waals surface area contributed by atoms with Gasteiger partial charge in [-0.05, 0) is 12.1 Å². The molecule has 14 heterocycles. The van der Waals surface area contributed by atoms with Gasteiger partial charge in [-0.2, -0.15) is 0 Å². The summed E-state index contributed by atoms with van der Waals surface area (Å²) in [4.78, 5) is 83.9. The molecule has 0 spiro atoms. The Labute approximate surface area is 495 Å². The van der Waals surface area contributed by atoms with Crippen molar-refractivity contribution in [1.82, 2.24) is 68.1 Å². The molecule has 89 heavy (non-hydrogen) atoms. The first-order chi connectivity index (χ1) is 42.3. The van der Waals surface area contributed by atoms with Crippen LogP contribution in [0.1, 0.15) is 24.9 Å². The van der Waals surface area contributed by atoms with E-state index in [1.54, 1.807) is 0 Å². The van der Waals surface area contributed by atoms with Crippen LogP contribution in [0.2, 0.25) is 0 Å². The maximum absolute atomic E-state index is 13.2. The van der Waals surface area contributed by atoms with Crippen molar-refractivity contribution in [1.29, 1.82) is 0 Å². The quantitative estimate of drug-likeness (QED) is 0.0847. The topological polar surface area (TPSA) is 594 Å². The number of rotatable bonds is 4. The molecule has 0 aromatic carbocycles. The van der Waals surface area contributed by atoms with Crippen LogP contribution in [0.25, 0.3) is 44.7 Å². The highest BCUT2D eigenvalue weighted by Gasteiger charge is 2.56. The highest BCUT2D eigenvalue weighted by molar-refractivity contribution is 7.52. The Bertz CT molecular complexity index is 4060. The molecule has 6 aliphatic heterocycles. The molecule has 0 saturated carbocycles. The molecule has 8 aromatic rings. The third kappa shape index (κ3) is 11.7. The predicted molar refractivity (Wildman–Crippen MR) is 290 cm³/mol. The molecular weight excluding hydrogens is 1280 g/mol. The molecule has 0 amide bonds. The van der Waals surface area contributed by atoms with E-state index in [4.69, 9.17) is 78.5 Å². The number of aliphatic hydroxyl groups is 4. The van der Waals surface area contributed by atoms with Crippen molar-refractivity contribution in [3.63, 3.8) is 0 Å². The lowest BCUT2D eigenvalue weighted by atomic mass is 10.1. The molecular formula is C43H52N18O24P4. The van der Waals surface area contributed by atoms with Crippen molar-refractivity contribution < 1.29 is 114 Å². The molecule has 42 nitrogen and oxygen atoms in total. The van der Waals surface area contributed by atoms with E-state index in [0.29, 0.717) is 11.2 Å². The van der Waals surface area contributed by atoms with E-state index in [-0.39, 0.29) is 56.5 Å². The smallest absolute Gasteiger partial charge is 0.397 e. The second-order valence-electron chi connectivity index (χ2n) is 20.5. The third-order valence-electron chi connectivity index (χ3n) is 14.8. The van der Waals surface area contributed by atoms with Gasteiger partial charge >= 0.3 is 30.8 Å². The number of ether oxygens (including phenoxy) is 6. The highest BCUT2D eigenvalue weighted by atomic mass is 31.2. The first-order valence-corrected chi connectivity index (χ1v) is 32.7. The van der Waals surface area contributed by atoms with E-state index in [9.17, 15) is 58.3 Å². The molecule has 6 aliphatic rings. The van der Waals surface area contributed by atoms with E-state index in [0.717, 1.165) is 6.33 Å². The van der Waals surface area contributed by atoms with Crippen molar-refractivity contribution in [3.05, 3.63) is 62.5 Å². The Balaban J connectivity index is 0.000000164. The SMILES string of the molecule is Nc1ccnc2c1ncn2[C@@H]1O[C@@H]2COP(=O)(O)OC3[C@@H](O)[C@@H](COCP(=O)(O)OC1[C@H]2O)O[C@H]3n1cnc2c(N)ncnc21.Nc1ncnc2c1ncn2[C@@H]1O[C@@H]2OCP(=O)(O)OC3[C@@H](O)[C@@H](COP(=O)(O)OC1[C@H]2O)O[C@H]3n1cnc2c(N)ccnc21. The van der Waals surface area contributed by atoms with E-state index < -0.39 is 162 Å². The zero-order chi connectivity index (χ0) is 62.6. The number of nitrogens with zero attached hydrogens (tertiary/aromatic N) is 14. The lowest BCUT2D eigenvalue weighted by Gasteiger charge is -2.26. The van der Waals surface area contributed by atoms with Crippen LogP contribution >= 0.6 is 30.8 Å². The van der Waals surface area contributed by atoms with Crippen LogP contribution in [0.15, 0.2) is 62.5 Å². The monoisotopic (exact) mass is 1330 g/mol. The Hall–Kier alpha value is -6.34. The van der Waals surface area contributed by atoms with Gasteiger partial charge in [-0.1, -0.05) is 0 Å². The molecule has 14 rings (SSSR count). The summed E-state index contributed by atoms with van der Waals surface area (Å²) in [6, 6.07) is 3.04. The minimum atomic E-state index is -5.04. The fraction of sp³-hybridized carbons (Fsp3) is 0.488. The van der Waals surface area contributed by atoms with Crippen LogP contribution in [-0.4, -0.2) is 214 Å². The fourth-order valence-corrected chi connectivity index (χ4v) is 14.5. The first-order valence-electron chi connectivity index (χ1n) is 26.2. The summed E-state index contributed by atoms with van der Waals surface area (Å²) in [6.07, 6.45) is -15.9. The molecule has 16 N–H and O–H groups in total. The van der Waals surface area contributed by atoms with Crippen molar-refractivity contribution in [3.8, 4) is 0 Å². The Morgan fingerprint density at radius 1 is 0.438 bits per heavy atom. The zero-order valence-electron chi connectivity index (χ0n) is 45.0. The van der Waals surface area contributed by atoms with Crippen LogP contribution < -0.4 is 22.9 Å². The summed E-state index contributed by atoms with van der Waals surface area (Å²) in [5.74, 6) is 0.0778. The Kier molecular flexibility index (Phi) is 16.2. The van der Waals surface area contributed by atoms with Gasteiger partial charge in [0.15, 0.2) is 71.8 Å². The van der Waals surface area contributed by atoms with Crippen molar-refractivity contribution in [2.45, 2.75) is 98.3 Å². The summed E-state index contributed by atoms with van der Waals surface area (Å²) in [5, 5.41) is 44.3. The molecule has 8 bridgehead atoms. The van der Waals surface area contributed by atoms with Crippen molar-refractivity contribution >= 4 is 98.5 Å². The fourth-order valence-electron chi connectivity index (χ4n) is 10.7. The van der Waals surface area contributed by atoms with Gasteiger partial charge in [-0.15, -0.1) is 0 Å². The number of aromatic nitrogens is 14. The molecule has 46 heteroatoms. The minimum absolute atomic E-state index is 0.0281. The molecule has 0 aliphatic carbocycles. The highest BCUT2D eigenvalue weighted by Crippen LogP contribution is 2.56. The molecule has 20 atom stereocenters. The number of fused-ring (bicyclic) bond motifs is 12. The van der Waals surface area contributed by atoms with Gasteiger partial charge < -0.3 is 91.4 Å². The Morgan fingerprint density at radius 3 is 1.26 bits per heavy atom. The van der Waals surface area contributed by atoms with Gasteiger partial charge in [0.1, 0.15) is 108 Å². The molecule has 8 aromatic heterocycles. The second kappa shape index (κ2) is 23.4. The number of pyridine rings is 2. The maximum atomic E-state index is 13.2. The normalized spacial score (nSPS) is 38.1. The van der Waals surface area contributed by atoms with Crippen LogP contribution in [0.3, 0.4) is 0 Å². The second-order valence-corrected chi connectivity index (χ2v) is 26.8. The molecule has 478 valence electrons. The van der Waals surface area contributed by atoms with E-state index in [1.165, 1.54) is 74.4 Å². The summed E-state index contributed by atoms with van der Waals surface area (Å²) in [7, 11) is -19.4. The number of phosphoric ester groups is 2. The molecule has 0 radical (unpaired) electrons. The first kappa shape index (κ1) is 61.5. The van der Waals surface area contributed by atoms with Crippen LogP contribution in [0.4, 0.5) is 23.0 Å². The average Bonchev–Trinajstić information content (AvgIpc) is 1.67. The number of hydrogen-bond acceptors (Lipinski definition) is 34. The lowest BCUT2D eigenvalue weighted by molar-refractivity contribution is -0.168. The molecule has 6 fully saturated rings. The van der Waals surface area contributed by atoms with Gasteiger partial charge in [0.05, 0.1) is 56.5 Å².